The fourth-order valence-electron chi connectivity index (χ4n) is 0.468. The Bertz CT molecular complexity index is 85.0. The van der Waals surface area contributed by atoms with Crippen molar-refractivity contribution in [3.05, 3.63) is 0 Å². The van der Waals surface area contributed by atoms with Crippen LogP contribution in [0.3, 0.4) is 0 Å². The number of hydrogen-bond donors (Lipinski definition) is 2. The van der Waals surface area contributed by atoms with Gasteiger partial charge in [-0.3, -0.25) is 4.79 Å². The van der Waals surface area contributed by atoms with Gasteiger partial charge in [0.2, 0.25) is 0 Å². The van der Waals surface area contributed by atoms with Crippen LogP contribution >= 0.6 is 0 Å². The minimum Gasteiger partial charge on any atom is -0.464 e. The van der Waals surface area contributed by atoms with E-state index >= 15 is 0 Å². The summed E-state index contributed by atoms with van der Waals surface area (Å²) in [7, 11) is 0. The predicted molar refractivity (Wildman–Crippen MR) is 36.3 cm³/mol. The molecule has 0 aliphatic carbocycles. The van der Waals surface area contributed by atoms with E-state index in [1.165, 1.54) is 0 Å². The zero-order valence-electron chi connectivity index (χ0n) is 5.88. The van der Waals surface area contributed by atoms with E-state index in [4.69, 9.17) is 10.8 Å². The van der Waals surface area contributed by atoms with Gasteiger partial charge in [0, 0.05) is 19.6 Å². The number of nitrogens with two attached hydrogens (primary N) is 1. The molecule has 0 unspecified atom stereocenters. The maximum atomic E-state index is 10.6. The largest absolute Gasteiger partial charge is 0.464 e. The maximum absolute atomic E-state index is 10.6. The SMILES string of the molecule is NCCOC(=O)CCCO. The molecule has 0 aromatic heterocycles. The fraction of sp³-hybridized carbons (Fsp3) is 0.833. The lowest BCUT2D eigenvalue weighted by molar-refractivity contribution is -0.143. The van der Waals surface area contributed by atoms with E-state index in [9.17, 15) is 4.79 Å². The second-order valence-corrected chi connectivity index (χ2v) is 1.84. The first kappa shape index (κ1) is 9.39. The molecule has 0 bridgehead atoms. The Morgan fingerprint density at radius 3 is 2.80 bits per heavy atom. The van der Waals surface area contributed by atoms with Gasteiger partial charge in [0.25, 0.3) is 0 Å². The number of aliphatic hydroxyl groups excluding tert-OH is 1. The second-order valence-electron chi connectivity index (χ2n) is 1.84. The maximum Gasteiger partial charge on any atom is 0.305 e. The third-order valence-electron chi connectivity index (χ3n) is 0.920. The van der Waals surface area contributed by atoms with Gasteiger partial charge in [-0.05, 0) is 6.42 Å². The molecule has 0 saturated heterocycles. The minimum atomic E-state index is -0.292. The summed E-state index contributed by atoms with van der Waals surface area (Å²) < 4.78 is 4.62. The van der Waals surface area contributed by atoms with Gasteiger partial charge in [-0.2, -0.15) is 0 Å². The summed E-state index contributed by atoms with van der Waals surface area (Å²) in [5, 5.41) is 8.31. The van der Waals surface area contributed by atoms with Gasteiger partial charge in [-0.25, -0.2) is 0 Å². The number of hydrogen-bond acceptors (Lipinski definition) is 4. The molecular formula is C6H13NO3. The molecule has 0 spiro atoms. The van der Waals surface area contributed by atoms with Crippen molar-refractivity contribution >= 4 is 5.97 Å². The van der Waals surface area contributed by atoms with E-state index in [1.807, 2.05) is 0 Å². The van der Waals surface area contributed by atoms with E-state index in [2.05, 4.69) is 4.74 Å². The Morgan fingerprint density at radius 2 is 2.30 bits per heavy atom. The minimum absolute atomic E-state index is 0.0255. The molecule has 0 aliphatic heterocycles. The Morgan fingerprint density at radius 1 is 1.60 bits per heavy atom. The summed E-state index contributed by atoms with van der Waals surface area (Å²) >= 11 is 0. The van der Waals surface area contributed by atoms with Crippen molar-refractivity contribution in [2.75, 3.05) is 19.8 Å². The van der Waals surface area contributed by atoms with Crippen LogP contribution in [-0.4, -0.2) is 30.8 Å². The molecule has 60 valence electrons. The highest BCUT2D eigenvalue weighted by Crippen LogP contribution is 1.90. The lowest BCUT2D eigenvalue weighted by Gasteiger charge is -2.00. The van der Waals surface area contributed by atoms with Crippen LogP contribution in [-0.2, 0) is 9.53 Å². The number of carbonyl (C=O) groups is 1. The van der Waals surface area contributed by atoms with Crippen LogP contribution in [0.4, 0.5) is 0 Å². The number of esters is 1. The molecule has 0 radical (unpaired) electrons. The number of rotatable bonds is 5. The van der Waals surface area contributed by atoms with Crippen LogP contribution < -0.4 is 5.73 Å². The van der Waals surface area contributed by atoms with Gasteiger partial charge in [-0.15, -0.1) is 0 Å². The van der Waals surface area contributed by atoms with Crippen molar-refractivity contribution in [2.24, 2.45) is 5.73 Å². The Kier molecular flexibility index (Phi) is 6.11. The van der Waals surface area contributed by atoms with Crippen molar-refractivity contribution in [3.8, 4) is 0 Å². The molecular weight excluding hydrogens is 134 g/mol. The third-order valence-corrected chi connectivity index (χ3v) is 0.920. The van der Waals surface area contributed by atoms with Crippen molar-refractivity contribution in [2.45, 2.75) is 12.8 Å². The molecule has 0 amide bonds. The van der Waals surface area contributed by atoms with Crippen LogP contribution in [0, 0.1) is 0 Å². The number of ether oxygens (including phenoxy) is 1. The highest BCUT2D eigenvalue weighted by atomic mass is 16.5. The van der Waals surface area contributed by atoms with Crippen LogP contribution in [0.25, 0.3) is 0 Å². The monoisotopic (exact) mass is 147 g/mol. The summed E-state index contributed by atoms with van der Waals surface area (Å²) in [5.74, 6) is -0.292. The van der Waals surface area contributed by atoms with E-state index in [1.54, 1.807) is 0 Å². The van der Waals surface area contributed by atoms with Crippen LogP contribution in [0.5, 0.6) is 0 Å². The lowest BCUT2D eigenvalue weighted by atomic mass is 10.3. The van der Waals surface area contributed by atoms with Gasteiger partial charge in [0.05, 0.1) is 0 Å². The Labute approximate surface area is 60.0 Å². The zero-order chi connectivity index (χ0) is 7.82. The Balaban J connectivity index is 3.09. The first-order chi connectivity index (χ1) is 4.81. The first-order valence-electron chi connectivity index (χ1n) is 3.27. The van der Waals surface area contributed by atoms with Gasteiger partial charge < -0.3 is 15.6 Å². The summed E-state index contributed by atoms with van der Waals surface area (Å²) in [6.45, 7) is 0.646. The Hall–Kier alpha value is -0.610. The van der Waals surface area contributed by atoms with Gasteiger partial charge in [0.1, 0.15) is 6.61 Å². The molecule has 0 saturated carbocycles. The summed E-state index contributed by atoms with van der Waals surface area (Å²) in [5.41, 5.74) is 5.08. The lowest BCUT2D eigenvalue weighted by Crippen LogP contribution is -2.13. The van der Waals surface area contributed by atoms with Crippen molar-refractivity contribution in [1.29, 1.82) is 0 Å². The van der Waals surface area contributed by atoms with Crippen molar-refractivity contribution in [1.82, 2.24) is 0 Å². The molecule has 0 fully saturated rings. The summed E-state index contributed by atoms with van der Waals surface area (Å²) in [4.78, 5) is 10.6. The molecule has 0 aromatic carbocycles. The predicted octanol–water partition coefficient (Wildman–Crippen LogP) is -0.739. The molecule has 0 heterocycles. The molecule has 4 nitrogen and oxygen atoms in total. The van der Waals surface area contributed by atoms with Crippen molar-refractivity contribution in [3.63, 3.8) is 0 Å². The van der Waals surface area contributed by atoms with Crippen molar-refractivity contribution < 1.29 is 14.6 Å². The van der Waals surface area contributed by atoms with Crippen LogP contribution in [0.1, 0.15) is 12.8 Å². The molecule has 3 N–H and O–H groups in total. The number of carbonyl (C=O) groups excluding carboxylic acids is 1. The quantitative estimate of drug-likeness (QED) is 0.502. The van der Waals surface area contributed by atoms with E-state index < -0.39 is 0 Å². The molecule has 0 aromatic rings. The third kappa shape index (κ3) is 5.53. The second kappa shape index (κ2) is 6.51. The van der Waals surface area contributed by atoms with Gasteiger partial charge >= 0.3 is 5.97 Å². The highest BCUT2D eigenvalue weighted by molar-refractivity contribution is 5.69. The van der Waals surface area contributed by atoms with Gasteiger partial charge in [0.15, 0.2) is 0 Å². The van der Waals surface area contributed by atoms with E-state index in [0.717, 1.165) is 0 Å². The van der Waals surface area contributed by atoms with Crippen LogP contribution in [0.15, 0.2) is 0 Å². The normalized spacial score (nSPS) is 9.40. The topological polar surface area (TPSA) is 72.5 Å². The highest BCUT2D eigenvalue weighted by Gasteiger charge is 1.99. The molecule has 0 aliphatic rings. The molecule has 0 atom stereocenters. The van der Waals surface area contributed by atoms with E-state index in [-0.39, 0.29) is 25.6 Å². The fourth-order valence-corrected chi connectivity index (χ4v) is 0.468. The van der Waals surface area contributed by atoms with E-state index in [0.29, 0.717) is 13.0 Å². The standard InChI is InChI=1S/C6H13NO3/c7-3-5-10-6(9)2-1-4-8/h8H,1-5,7H2. The summed E-state index contributed by atoms with van der Waals surface area (Å²) in [6, 6.07) is 0. The first-order valence-corrected chi connectivity index (χ1v) is 3.27. The smallest absolute Gasteiger partial charge is 0.305 e. The molecule has 4 heteroatoms. The average Bonchev–Trinajstić information content (AvgIpc) is 1.97. The molecule has 0 rings (SSSR count). The molecule has 10 heavy (non-hydrogen) atoms. The average molecular weight is 147 g/mol. The number of aliphatic hydroxyl groups is 1. The van der Waals surface area contributed by atoms with Gasteiger partial charge in [-0.1, -0.05) is 0 Å². The zero-order valence-corrected chi connectivity index (χ0v) is 5.88. The van der Waals surface area contributed by atoms with Crippen LogP contribution in [0.2, 0.25) is 0 Å². The summed E-state index contributed by atoms with van der Waals surface area (Å²) in [6.07, 6.45) is 0.736.